The lowest BCUT2D eigenvalue weighted by Gasteiger charge is -1.97. The molecular weight excluding hydrogens is 122 g/mol. The van der Waals surface area contributed by atoms with Gasteiger partial charge < -0.3 is 5.73 Å². The second-order valence-corrected chi connectivity index (χ2v) is 2.24. The zero-order chi connectivity index (χ0) is 7.40. The molecule has 1 heteroatoms. The summed E-state index contributed by atoms with van der Waals surface area (Å²) in [6, 6.07) is 0. The van der Waals surface area contributed by atoms with Gasteiger partial charge in [0.2, 0.25) is 0 Å². The molecule has 1 nitrogen and oxygen atoms in total. The van der Waals surface area contributed by atoms with Crippen LogP contribution >= 0.6 is 0 Å². The van der Waals surface area contributed by atoms with E-state index in [2.05, 4.69) is 0 Å². The van der Waals surface area contributed by atoms with Crippen LogP contribution in [0.2, 0.25) is 0 Å². The maximum absolute atomic E-state index is 5.66. The number of nitrogens with two attached hydrogens (primary N) is 1. The van der Waals surface area contributed by atoms with E-state index in [4.69, 9.17) is 5.73 Å². The maximum Gasteiger partial charge on any atom is 0.0343 e. The van der Waals surface area contributed by atoms with E-state index in [1.165, 1.54) is 0 Å². The van der Waals surface area contributed by atoms with E-state index >= 15 is 0 Å². The fourth-order valence-corrected chi connectivity index (χ4v) is 0.715. The highest BCUT2D eigenvalue weighted by molar-refractivity contribution is 5.34. The van der Waals surface area contributed by atoms with Crippen LogP contribution in [0, 0.1) is 0 Å². The predicted molar refractivity (Wildman–Crippen MR) is 44.3 cm³/mol. The van der Waals surface area contributed by atoms with E-state index in [-0.39, 0.29) is 0 Å². The van der Waals surface area contributed by atoms with Gasteiger partial charge in [-0.25, -0.2) is 0 Å². The topological polar surface area (TPSA) is 26.0 Å². The highest BCUT2D eigenvalue weighted by atomic mass is 14.6. The van der Waals surface area contributed by atoms with Gasteiger partial charge in [0, 0.05) is 5.70 Å². The van der Waals surface area contributed by atoms with Crippen molar-refractivity contribution in [3.8, 4) is 0 Å². The minimum Gasteiger partial charge on any atom is -0.399 e. The number of allylic oxidation sites excluding steroid dienone is 7. The van der Waals surface area contributed by atoms with Crippen molar-refractivity contribution in [2.75, 3.05) is 0 Å². The summed E-state index contributed by atoms with van der Waals surface area (Å²) in [6.45, 7) is 2.00. The molecule has 0 radical (unpaired) electrons. The first-order valence-electron chi connectivity index (χ1n) is 3.28. The van der Waals surface area contributed by atoms with Gasteiger partial charge in [0.1, 0.15) is 0 Å². The summed E-state index contributed by atoms with van der Waals surface area (Å²) in [5.74, 6) is 0. The minimum absolute atomic E-state index is 0.834. The molecule has 1 aliphatic carbocycles. The third-order valence-electron chi connectivity index (χ3n) is 1.41. The molecule has 0 saturated heterocycles. The zero-order valence-corrected chi connectivity index (χ0v) is 6.04. The molecule has 0 bridgehead atoms. The Morgan fingerprint density at radius 1 is 1.00 bits per heavy atom. The van der Waals surface area contributed by atoms with Crippen molar-refractivity contribution in [2.45, 2.75) is 6.92 Å². The van der Waals surface area contributed by atoms with E-state index in [0.29, 0.717) is 0 Å². The lowest BCUT2D eigenvalue weighted by atomic mass is 10.2. The molecule has 0 saturated carbocycles. The van der Waals surface area contributed by atoms with Gasteiger partial charge in [-0.05, 0) is 18.6 Å². The molecule has 0 aromatic heterocycles. The normalized spacial score (nSPS) is 34.1. The molecule has 10 heavy (non-hydrogen) atoms. The third kappa shape index (κ3) is 1.62. The lowest BCUT2D eigenvalue weighted by Crippen LogP contribution is -1.95. The molecule has 0 aliphatic heterocycles. The Morgan fingerprint density at radius 2 is 1.60 bits per heavy atom. The van der Waals surface area contributed by atoms with Gasteiger partial charge in [-0.2, -0.15) is 0 Å². The number of hydrogen-bond donors (Lipinski definition) is 1. The standard InChI is InChI=1S/C9H11N/c1-8-6-4-2-3-5-7-9(8)10/h2-7H,10H2,1H3/b3-2-,4-2?,5-3?,6-4+,7-5-,8-6?,9-7?,9-8-. The van der Waals surface area contributed by atoms with Crippen molar-refractivity contribution in [2.24, 2.45) is 5.73 Å². The zero-order valence-electron chi connectivity index (χ0n) is 6.04. The third-order valence-corrected chi connectivity index (χ3v) is 1.41. The minimum atomic E-state index is 0.834. The summed E-state index contributed by atoms with van der Waals surface area (Å²) in [4.78, 5) is 0. The molecule has 0 aromatic carbocycles. The van der Waals surface area contributed by atoms with Crippen LogP contribution in [0.1, 0.15) is 6.92 Å². The molecule has 0 unspecified atom stereocenters. The first-order chi connectivity index (χ1) is 4.80. The Balaban J connectivity index is 2.93. The summed E-state index contributed by atoms with van der Waals surface area (Å²) >= 11 is 0. The fraction of sp³-hybridized carbons (Fsp3) is 0.111. The van der Waals surface area contributed by atoms with Gasteiger partial charge in [0.25, 0.3) is 0 Å². The highest BCUT2D eigenvalue weighted by Crippen LogP contribution is 2.03. The van der Waals surface area contributed by atoms with E-state index in [1.54, 1.807) is 0 Å². The van der Waals surface area contributed by atoms with Crippen molar-refractivity contribution < 1.29 is 0 Å². The molecule has 0 spiro atoms. The van der Waals surface area contributed by atoms with E-state index in [0.717, 1.165) is 11.3 Å². The van der Waals surface area contributed by atoms with Gasteiger partial charge in [-0.3, -0.25) is 0 Å². The van der Waals surface area contributed by atoms with Crippen LogP contribution in [0.15, 0.2) is 47.7 Å². The van der Waals surface area contributed by atoms with Gasteiger partial charge in [0.05, 0.1) is 0 Å². The molecule has 0 aromatic rings. The fourth-order valence-electron chi connectivity index (χ4n) is 0.715. The van der Waals surface area contributed by atoms with Crippen molar-refractivity contribution in [3.05, 3.63) is 47.7 Å². The Labute approximate surface area is 61.2 Å². The van der Waals surface area contributed by atoms with Gasteiger partial charge in [-0.15, -0.1) is 0 Å². The maximum atomic E-state index is 5.66. The second kappa shape index (κ2) is 3.06. The summed E-state index contributed by atoms with van der Waals surface area (Å²) in [7, 11) is 0. The van der Waals surface area contributed by atoms with E-state index in [1.807, 2.05) is 43.4 Å². The van der Waals surface area contributed by atoms with Crippen LogP contribution in [0.5, 0.6) is 0 Å². The highest BCUT2D eigenvalue weighted by Gasteiger charge is 1.88. The first-order valence-corrected chi connectivity index (χ1v) is 3.28. The SMILES string of the molecule is CC1=C(N)\C=C/C=C\C=C\1. The Hall–Kier alpha value is -1.24. The molecule has 1 aliphatic rings. The van der Waals surface area contributed by atoms with Crippen LogP contribution in [0.4, 0.5) is 0 Å². The van der Waals surface area contributed by atoms with Crippen LogP contribution in [-0.2, 0) is 0 Å². The largest absolute Gasteiger partial charge is 0.399 e. The molecule has 0 fully saturated rings. The first kappa shape index (κ1) is 6.87. The summed E-state index contributed by atoms with van der Waals surface area (Å²) in [5, 5.41) is 0. The monoisotopic (exact) mass is 133 g/mol. The average Bonchev–Trinajstić information content (AvgIpc) is 1.92. The van der Waals surface area contributed by atoms with Gasteiger partial charge >= 0.3 is 0 Å². The Bertz CT molecular complexity index is 205. The van der Waals surface area contributed by atoms with Crippen molar-refractivity contribution in [3.63, 3.8) is 0 Å². The van der Waals surface area contributed by atoms with Crippen LogP contribution < -0.4 is 5.73 Å². The molecule has 52 valence electrons. The molecule has 2 N–H and O–H groups in total. The van der Waals surface area contributed by atoms with Gasteiger partial charge in [0.15, 0.2) is 0 Å². The molecule has 0 heterocycles. The van der Waals surface area contributed by atoms with Crippen molar-refractivity contribution in [1.29, 1.82) is 0 Å². The van der Waals surface area contributed by atoms with Crippen LogP contribution in [0.25, 0.3) is 0 Å². The summed E-state index contributed by atoms with van der Waals surface area (Å²) < 4.78 is 0. The predicted octanol–water partition coefficient (Wildman–Crippen LogP) is 1.90. The van der Waals surface area contributed by atoms with E-state index in [9.17, 15) is 0 Å². The second-order valence-electron chi connectivity index (χ2n) is 2.24. The quantitative estimate of drug-likeness (QED) is 0.536. The molecule has 0 atom stereocenters. The molecule has 0 amide bonds. The Morgan fingerprint density at radius 3 is 2.30 bits per heavy atom. The van der Waals surface area contributed by atoms with Crippen molar-refractivity contribution in [1.82, 2.24) is 0 Å². The van der Waals surface area contributed by atoms with E-state index < -0.39 is 0 Å². The van der Waals surface area contributed by atoms with Gasteiger partial charge in [-0.1, -0.05) is 30.4 Å². The average molecular weight is 133 g/mol. The number of hydrogen-bond acceptors (Lipinski definition) is 1. The van der Waals surface area contributed by atoms with Crippen LogP contribution in [-0.4, -0.2) is 0 Å². The summed E-state index contributed by atoms with van der Waals surface area (Å²) in [6.07, 6.45) is 11.7. The lowest BCUT2D eigenvalue weighted by molar-refractivity contribution is 1.32. The van der Waals surface area contributed by atoms with Crippen molar-refractivity contribution >= 4 is 0 Å². The molecule has 1 rings (SSSR count). The smallest absolute Gasteiger partial charge is 0.0343 e. The number of rotatable bonds is 0. The Kier molecular flexibility index (Phi) is 2.11. The van der Waals surface area contributed by atoms with Crippen LogP contribution in [0.3, 0.4) is 0 Å². The molecular formula is C9H11N. The summed E-state index contributed by atoms with van der Waals surface area (Å²) in [5.41, 5.74) is 7.60.